The minimum absolute atomic E-state index is 0.0253. The van der Waals surface area contributed by atoms with Crippen LogP contribution in [0.15, 0.2) is 72.1 Å². The summed E-state index contributed by atoms with van der Waals surface area (Å²) in [4.78, 5) is 4.06. The van der Waals surface area contributed by atoms with Crippen molar-refractivity contribution in [3.8, 4) is 0 Å². The van der Waals surface area contributed by atoms with E-state index < -0.39 is 10.0 Å². The third kappa shape index (κ3) is 3.68. The number of sulfonamides is 1. The van der Waals surface area contributed by atoms with E-state index in [1.54, 1.807) is 22.1 Å². The maximum Gasteiger partial charge on any atom is 0.262 e. The Labute approximate surface area is 165 Å². The smallest absolute Gasteiger partial charge is 0.262 e. The minimum atomic E-state index is -3.63. The van der Waals surface area contributed by atoms with Crippen LogP contribution >= 0.6 is 0 Å². The number of rotatable bonds is 5. The molecule has 146 valence electrons. The highest BCUT2D eigenvalue weighted by Gasteiger charge is 2.40. The number of aromatic nitrogens is 2. The monoisotopic (exact) mass is 396 g/mol. The summed E-state index contributed by atoms with van der Waals surface area (Å²) in [5.41, 5.74) is 3.30. The van der Waals surface area contributed by atoms with Gasteiger partial charge in [0.05, 0.1) is 6.33 Å². The lowest BCUT2D eigenvalue weighted by atomic mass is 9.94. The lowest BCUT2D eigenvalue weighted by molar-refractivity contribution is 0.468. The molecule has 1 fully saturated rings. The number of benzene rings is 2. The van der Waals surface area contributed by atoms with Gasteiger partial charge in [0.25, 0.3) is 10.0 Å². The van der Waals surface area contributed by atoms with E-state index in [1.807, 2.05) is 43.3 Å². The van der Waals surface area contributed by atoms with Crippen LogP contribution in [0.1, 0.15) is 17.0 Å². The second-order valence-electron chi connectivity index (χ2n) is 7.34. The van der Waals surface area contributed by atoms with Crippen LogP contribution in [0.25, 0.3) is 0 Å². The van der Waals surface area contributed by atoms with Gasteiger partial charge in [-0.05, 0) is 30.2 Å². The Morgan fingerprint density at radius 3 is 2.54 bits per heavy atom. The maximum atomic E-state index is 13.1. The quantitative estimate of drug-likeness (QED) is 0.720. The van der Waals surface area contributed by atoms with Crippen LogP contribution in [0.2, 0.25) is 0 Å². The molecule has 28 heavy (non-hydrogen) atoms. The molecule has 7 heteroatoms. The van der Waals surface area contributed by atoms with E-state index in [0.717, 1.165) is 16.8 Å². The molecular weight excluding hydrogens is 372 g/mol. The first-order valence-electron chi connectivity index (χ1n) is 9.30. The second kappa shape index (κ2) is 7.41. The molecule has 0 bridgehead atoms. The van der Waals surface area contributed by atoms with Crippen molar-refractivity contribution in [2.45, 2.75) is 23.9 Å². The second-order valence-corrected chi connectivity index (χ2v) is 9.22. The fourth-order valence-corrected chi connectivity index (χ4v) is 5.21. The summed E-state index contributed by atoms with van der Waals surface area (Å²) in [6, 6.07) is 18.2. The highest BCUT2D eigenvalue weighted by molar-refractivity contribution is 7.89. The molecule has 2 aromatic carbocycles. The van der Waals surface area contributed by atoms with E-state index in [1.165, 1.54) is 6.33 Å². The molecule has 2 heterocycles. The first-order valence-corrected chi connectivity index (χ1v) is 10.7. The van der Waals surface area contributed by atoms with Crippen molar-refractivity contribution in [1.29, 1.82) is 0 Å². The lowest BCUT2D eigenvalue weighted by Crippen LogP contribution is -2.32. The summed E-state index contributed by atoms with van der Waals surface area (Å²) >= 11 is 0. The summed E-state index contributed by atoms with van der Waals surface area (Å²) in [6.07, 6.45) is 3.06. The van der Waals surface area contributed by atoms with E-state index in [0.29, 0.717) is 13.1 Å². The van der Waals surface area contributed by atoms with Gasteiger partial charge in [-0.2, -0.15) is 4.31 Å². The van der Waals surface area contributed by atoms with Crippen molar-refractivity contribution >= 4 is 15.7 Å². The van der Waals surface area contributed by atoms with E-state index >= 15 is 0 Å². The Morgan fingerprint density at radius 2 is 1.86 bits per heavy atom. The van der Waals surface area contributed by atoms with Gasteiger partial charge in [-0.1, -0.05) is 42.5 Å². The molecular formula is C21H24N4O2S. The van der Waals surface area contributed by atoms with E-state index in [-0.39, 0.29) is 17.0 Å². The van der Waals surface area contributed by atoms with Crippen LogP contribution in [0.5, 0.6) is 0 Å². The molecule has 1 aliphatic heterocycles. The van der Waals surface area contributed by atoms with Gasteiger partial charge in [-0.15, -0.1) is 0 Å². The van der Waals surface area contributed by atoms with Crippen molar-refractivity contribution < 1.29 is 8.42 Å². The molecule has 1 aromatic heterocycles. The van der Waals surface area contributed by atoms with Gasteiger partial charge >= 0.3 is 0 Å². The largest absolute Gasteiger partial charge is 0.380 e. The molecule has 4 rings (SSSR count). The summed E-state index contributed by atoms with van der Waals surface area (Å²) in [6.45, 7) is 2.87. The van der Waals surface area contributed by atoms with Crippen LogP contribution in [0.4, 0.5) is 5.69 Å². The first-order chi connectivity index (χ1) is 13.4. The zero-order chi connectivity index (χ0) is 19.7. The fraction of sp³-hybridized carbons (Fsp3) is 0.286. The number of hydrogen-bond acceptors (Lipinski definition) is 4. The van der Waals surface area contributed by atoms with Gasteiger partial charge in [-0.3, -0.25) is 0 Å². The summed E-state index contributed by atoms with van der Waals surface area (Å²) < 4.78 is 29.4. The van der Waals surface area contributed by atoms with Crippen molar-refractivity contribution in [3.05, 3.63) is 78.2 Å². The SMILES string of the molecule is Cc1cccc(N[C@@H]2CN(S(=O)(=O)c3cn(C)cn3)C[C@H]2c2ccccc2)c1. The molecule has 0 saturated carbocycles. The maximum absolute atomic E-state index is 13.1. The molecule has 3 aromatic rings. The third-order valence-corrected chi connectivity index (χ3v) is 6.89. The van der Waals surface area contributed by atoms with Crippen LogP contribution in [-0.2, 0) is 17.1 Å². The topological polar surface area (TPSA) is 67.2 Å². The Kier molecular flexibility index (Phi) is 4.95. The van der Waals surface area contributed by atoms with Gasteiger partial charge in [0, 0.05) is 44.0 Å². The Bertz CT molecular complexity index is 1060. The summed E-state index contributed by atoms with van der Waals surface area (Å²) in [5.74, 6) is 0.0557. The van der Waals surface area contributed by atoms with Crippen molar-refractivity contribution in [2.24, 2.45) is 7.05 Å². The van der Waals surface area contributed by atoms with Crippen molar-refractivity contribution in [1.82, 2.24) is 13.9 Å². The van der Waals surface area contributed by atoms with E-state index in [9.17, 15) is 8.42 Å². The molecule has 0 radical (unpaired) electrons. The third-order valence-electron chi connectivity index (χ3n) is 5.17. The van der Waals surface area contributed by atoms with Gasteiger partial charge in [0.1, 0.15) is 0 Å². The molecule has 0 spiro atoms. The van der Waals surface area contributed by atoms with Crippen molar-refractivity contribution in [3.63, 3.8) is 0 Å². The van der Waals surface area contributed by atoms with Crippen LogP contribution in [-0.4, -0.2) is 41.4 Å². The van der Waals surface area contributed by atoms with E-state index in [4.69, 9.17) is 0 Å². The molecule has 0 aliphatic carbocycles. The number of anilines is 1. The zero-order valence-electron chi connectivity index (χ0n) is 16.0. The number of imidazole rings is 1. The average Bonchev–Trinajstić information content (AvgIpc) is 3.30. The average molecular weight is 397 g/mol. The highest BCUT2D eigenvalue weighted by Crippen LogP contribution is 2.33. The number of aryl methyl sites for hydroxylation is 2. The lowest BCUT2D eigenvalue weighted by Gasteiger charge is -2.21. The molecule has 2 atom stereocenters. The molecule has 0 amide bonds. The van der Waals surface area contributed by atoms with Gasteiger partial charge in [-0.25, -0.2) is 13.4 Å². The minimum Gasteiger partial charge on any atom is -0.380 e. The molecule has 1 saturated heterocycles. The van der Waals surface area contributed by atoms with E-state index in [2.05, 4.69) is 28.5 Å². The fourth-order valence-electron chi connectivity index (χ4n) is 3.75. The normalized spacial score (nSPS) is 20.4. The predicted molar refractivity (Wildman–Crippen MR) is 110 cm³/mol. The van der Waals surface area contributed by atoms with Crippen molar-refractivity contribution in [2.75, 3.05) is 18.4 Å². The van der Waals surface area contributed by atoms with Gasteiger partial charge in [0.2, 0.25) is 0 Å². The highest BCUT2D eigenvalue weighted by atomic mass is 32.2. The Balaban J connectivity index is 1.65. The Morgan fingerprint density at radius 1 is 1.07 bits per heavy atom. The molecule has 1 N–H and O–H groups in total. The Hall–Kier alpha value is -2.64. The van der Waals surface area contributed by atoms with Crippen LogP contribution in [0.3, 0.4) is 0 Å². The molecule has 0 unspecified atom stereocenters. The standard InChI is InChI=1S/C21H24N4O2S/c1-16-7-6-10-18(11-16)23-20-13-25(12-19(20)17-8-4-3-5-9-17)28(26,27)21-14-24(2)15-22-21/h3-11,14-15,19-20,23H,12-13H2,1-2H3/t19-,20+/m0/s1. The molecule has 6 nitrogen and oxygen atoms in total. The zero-order valence-corrected chi connectivity index (χ0v) is 16.8. The summed E-state index contributed by atoms with van der Waals surface area (Å²) in [7, 11) is -1.86. The first kappa shape index (κ1) is 18.7. The van der Waals surface area contributed by atoms with Crippen LogP contribution in [0, 0.1) is 6.92 Å². The van der Waals surface area contributed by atoms with Crippen LogP contribution < -0.4 is 5.32 Å². The molecule has 1 aliphatic rings. The van der Waals surface area contributed by atoms with Gasteiger partial charge < -0.3 is 9.88 Å². The predicted octanol–water partition coefficient (Wildman–Crippen LogP) is 3.00. The number of nitrogens with one attached hydrogen (secondary N) is 1. The van der Waals surface area contributed by atoms with Gasteiger partial charge in [0.15, 0.2) is 5.03 Å². The number of hydrogen-bond donors (Lipinski definition) is 1. The number of nitrogens with zero attached hydrogens (tertiary/aromatic N) is 3. The summed E-state index contributed by atoms with van der Waals surface area (Å²) in [5, 5.41) is 3.65.